The Kier molecular flexibility index (Phi) is 14.3. The zero-order valence-corrected chi connectivity index (χ0v) is 24.1. The number of unbranched alkanes of at least 4 members (excludes halogenated alkanes) is 10. The highest BCUT2D eigenvalue weighted by Gasteiger charge is 2.43. The third-order valence-electron chi connectivity index (χ3n) is 7.39. The molecule has 0 aromatic rings. The van der Waals surface area contributed by atoms with Crippen LogP contribution in [0.4, 0.5) is 0 Å². The van der Waals surface area contributed by atoms with Gasteiger partial charge < -0.3 is 10.2 Å². The van der Waals surface area contributed by atoms with Crippen LogP contribution in [-0.2, 0) is 14.4 Å². The van der Waals surface area contributed by atoms with Crippen molar-refractivity contribution in [2.75, 3.05) is 6.54 Å². The molecule has 3 amide bonds. The number of nitrogens with one attached hydrogen (secondary N) is 1. The van der Waals surface area contributed by atoms with Crippen LogP contribution in [0, 0.1) is 0 Å². The minimum atomic E-state index is -0.173. The molecular weight excluding hydrogens is 474 g/mol. The molecule has 1 N–H and O–H groups in total. The van der Waals surface area contributed by atoms with Crippen LogP contribution in [-0.4, -0.2) is 51.2 Å². The van der Waals surface area contributed by atoms with Crippen molar-refractivity contribution < 1.29 is 14.4 Å². The molecule has 3 heterocycles. The van der Waals surface area contributed by atoms with Gasteiger partial charge in [0.25, 0.3) is 17.7 Å². The van der Waals surface area contributed by atoms with Gasteiger partial charge in [0.1, 0.15) is 0 Å². The Morgan fingerprint density at radius 1 is 0.737 bits per heavy atom. The van der Waals surface area contributed by atoms with E-state index < -0.39 is 0 Å². The van der Waals surface area contributed by atoms with E-state index in [9.17, 15) is 14.4 Å². The number of carbonyl (C=O) groups is 3. The van der Waals surface area contributed by atoms with E-state index in [1.54, 1.807) is 17.1 Å². The quantitative estimate of drug-likeness (QED) is 0.205. The summed E-state index contributed by atoms with van der Waals surface area (Å²) < 4.78 is 0. The molecule has 0 saturated carbocycles. The average molecular weight is 530 g/mol. The monoisotopic (exact) mass is 529 g/mol. The summed E-state index contributed by atoms with van der Waals surface area (Å²) >= 11 is 0. The van der Waals surface area contributed by atoms with Crippen LogP contribution in [0.2, 0.25) is 0 Å². The number of nitrogens with zero attached hydrogens (tertiary/aromatic N) is 2. The molecule has 0 unspecified atom stereocenters. The van der Waals surface area contributed by atoms with Gasteiger partial charge in [-0.25, -0.2) is 0 Å². The van der Waals surface area contributed by atoms with Gasteiger partial charge in [0.05, 0.1) is 0 Å². The van der Waals surface area contributed by atoms with Gasteiger partial charge in [-0.2, -0.15) is 0 Å². The highest BCUT2D eigenvalue weighted by atomic mass is 16.2. The zero-order chi connectivity index (χ0) is 27.5. The summed E-state index contributed by atoms with van der Waals surface area (Å²) in [5.74, 6) is -0.246. The standard InChI is InChI=1S/C18H31NO.C13H20N2O2.CH4/c1-3-4-5-6-7-8-9-10-11-12-13-16-19-17(2)14-15-18(19)20;1-12(2)7-9(8-13(3,4)14-12)15-10(16)5-6-11(15)17;/h14-15H,2-13,16H2,1H3;5-6,9,14H,7-8H2,1-4H3;1H4. The van der Waals surface area contributed by atoms with Crippen LogP contribution in [0.1, 0.15) is 126 Å². The van der Waals surface area contributed by atoms with E-state index in [4.69, 9.17) is 0 Å². The maximum atomic E-state index is 11.7. The Labute approximate surface area is 233 Å². The first-order valence-corrected chi connectivity index (χ1v) is 14.5. The van der Waals surface area contributed by atoms with Crippen LogP contribution in [0.5, 0.6) is 0 Å². The topological polar surface area (TPSA) is 69.7 Å². The molecule has 0 atom stereocenters. The summed E-state index contributed by atoms with van der Waals surface area (Å²) in [5.41, 5.74) is 0.729. The molecule has 0 aromatic heterocycles. The highest BCUT2D eigenvalue weighted by molar-refractivity contribution is 6.13. The van der Waals surface area contributed by atoms with E-state index in [0.29, 0.717) is 0 Å². The van der Waals surface area contributed by atoms with E-state index in [0.717, 1.165) is 31.5 Å². The number of hydrogen-bond acceptors (Lipinski definition) is 4. The van der Waals surface area contributed by atoms with Crippen molar-refractivity contribution >= 4 is 17.7 Å². The molecule has 1 saturated heterocycles. The molecule has 3 rings (SSSR count). The van der Waals surface area contributed by atoms with Gasteiger partial charge >= 0.3 is 0 Å². The van der Waals surface area contributed by atoms with Crippen LogP contribution in [0.15, 0.2) is 36.6 Å². The Bertz CT molecular complexity index is 804. The van der Waals surface area contributed by atoms with Gasteiger partial charge in [-0.15, -0.1) is 0 Å². The minimum absolute atomic E-state index is 0. The minimum Gasteiger partial charge on any atom is -0.309 e. The van der Waals surface area contributed by atoms with Gasteiger partial charge in [-0.05, 0) is 53.0 Å². The number of allylic oxidation sites excluding steroid dienone is 1. The van der Waals surface area contributed by atoms with Crippen molar-refractivity contribution in [3.8, 4) is 0 Å². The number of hydrogen-bond donors (Lipinski definition) is 1. The summed E-state index contributed by atoms with van der Waals surface area (Å²) in [6.07, 6.45) is 22.5. The molecule has 6 heteroatoms. The Hall–Kier alpha value is -2.21. The maximum Gasteiger partial charge on any atom is 0.253 e. The first-order valence-electron chi connectivity index (χ1n) is 14.5. The SMILES string of the molecule is C.C=C1C=CC(=O)N1CCCCCCCCCCCCC.CC1(C)CC(N2C(=O)C=CC2=O)CC(C)(C)N1. The first-order chi connectivity index (χ1) is 17.5. The van der Waals surface area contributed by atoms with Crippen molar-refractivity contribution in [2.24, 2.45) is 0 Å². The summed E-state index contributed by atoms with van der Waals surface area (Å²) in [7, 11) is 0. The Morgan fingerprint density at radius 3 is 1.58 bits per heavy atom. The van der Waals surface area contributed by atoms with Crippen molar-refractivity contribution in [2.45, 2.75) is 143 Å². The Morgan fingerprint density at radius 2 is 1.16 bits per heavy atom. The lowest BCUT2D eigenvalue weighted by atomic mass is 9.79. The maximum absolute atomic E-state index is 11.7. The van der Waals surface area contributed by atoms with E-state index in [2.05, 4.69) is 46.5 Å². The van der Waals surface area contributed by atoms with Gasteiger partial charge in [0, 0.05) is 47.6 Å². The second kappa shape index (κ2) is 16.0. The molecule has 3 aliphatic rings. The van der Waals surface area contributed by atoms with Crippen molar-refractivity contribution in [1.29, 1.82) is 0 Å². The van der Waals surface area contributed by atoms with E-state index in [-0.39, 0.29) is 42.3 Å². The number of rotatable bonds is 13. The van der Waals surface area contributed by atoms with E-state index in [1.165, 1.54) is 81.3 Å². The van der Waals surface area contributed by atoms with Crippen LogP contribution >= 0.6 is 0 Å². The molecule has 0 bridgehead atoms. The van der Waals surface area contributed by atoms with Crippen LogP contribution < -0.4 is 5.32 Å². The molecule has 3 aliphatic heterocycles. The smallest absolute Gasteiger partial charge is 0.253 e. The molecule has 0 aromatic carbocycles. The van der Waals surface area contributed by atoms with Gasteiger partial charge in [0.15, 0.2) is 0 Å². The zero-order valence-electron chi connectivity index (χ0n) is 24.1. The van der Waals surface area contributed by atoms with Crippen LogP contribution in [0.3, 0.4) is 0 Å². The van der Waals surface area contributed by atoms with Gasteiger partial charge in [-0.3, -0.25) is 19.3 Å². The number of imide groups is 1. The largest absolute Gasteiger partial charge is 0.309 e. The lowest BCUT2D eigenvalue weighted by molar-refractivity contribution is -0.141. The molecule has 0 spiro atoms. The number of carbonyl (C=O) groups excluding carboxylic acids is 3. The third-order valence-corrected chi connectivity index (χ3v) is 7.39. The lowest BCUT2D eigenvalue weighted by Gasteiger charge is -2.48. The molecule has 216 valence electrons. The fourth-order valence-electron chi connectivity index (χ4n) is 5.90. The van der Waals surface area contributed by atoms with Crippen molar-refractivity contribution in [3.05, 3.63) is 36.6 Å². The van der Waals surface area contributed by atoms with Crippen molar-refractivity contribution in [3.63, 3.8) is 0 Å². The highest BCUT2D eigenvalue weighted by Crippen LogP contribution is 2.32. The molecule has 38 heavy (non-hydrogen) atoms. The Balaban J connectivity index is 0.000000374. The molecular formula is C32H55N3O3. The predicted molar refractivity (Wildman–Crippen MR) is 158 cm³/mol. The fourth-order valence-corrected chi connectivity index (χ4v) is 5.90. The summed E-state index contributed by atoms with van der Waals surface area (Å²) in [5, 5.41) is 3.55. The molecule has 1 fully saturated rings. The molecule has 6 nitrogen and oxygen atoms in total. The lowest BCUT2D eigenvalue weighted by Crippen LogP contribution is -2.62. The van der Waals surface area contributed by atoms with E-state index >= 15 is 0 Å². The molecule has 0 radical (unpaired) electrons. The molecule has 0 aliphatic carbocycles. The summed E-state index contributed by atoms with van der Waals surface area (Å²) in [6, 6.07) is -0.00347. The van der Waals surface area contributed by atoms with Crippen molar-refractivity contribution in [1.82, 2.24) is 15.1 Å². The predicted octanol–water partition coefficient (Wildman–Crippen LogP) is 7.07. The normalized spacial score (nSPS) is 20.1. The van der Waals surface area contributed by atoms with Gasteiger partial charge in [0.2, 0.25) is 0 Å². The second-order valence-electron chi connectivity index (χ2n) is 12.2. The number of piperidine rings is 1. The van der Waals surface area contributed by atoms with Gasteiger partial charge in [-0.1, -0.05) is 85.1 Å². The fraction of sp³-hybridized carbons (Fsp3) is 0.719. The van der Waals surface area contributed by atoms with E-state index in [1.807, 2.05) is 0 Å². The average Bonchev–Trinajstić information content (AvgIpc) is 3.30. The van der Waals surface area contributed by atoms with Crippen LogP contribution in [0.25, 0.3) is 0 Å². The first kappa shape index (κ1) is 33.8. The third kappa shape index (κ3) is 11.3. The number of amides is 3. The second-order valence-corrected chi connectivity index (χ2v) is 12.2. The summed E-state index contributed by atoms with van der Waals surface area (Å²) in [6.45, 7) is 15.4. The summed E-state index contributed by atoms with van der Waals surface area (Å²) in [4.78, 5) is 38.1.